The fourth-order valence-electron chi connectivity index (χ4n) is 3.22. The van der Waals surface area contributed by atoms with E-state index < -0.39 is 0 Å². The highest BCUT2D eigenvalue weighted by atomic mass is 16.3. The summed E-state index contributed by atoms with van der Waals surface area (Å²) in [5, 5.41) is 12.6. The van der Waals surface area contributed by atoms with E-state index in [1.54, 1.807) is 30.1 Å². The number of para-hydroxylation sites is 2. The van der Waals surface area contributed by atoms with Crippen LogP contribution in [0, 0.1) is 5.92 Å². The third kappa shape index (κ3) is 3.11. The van der Waals surface area contributed by atoms with E-state index in [0.717, 1.165) is 5.56 Å². The minimum absolute atomic E-state index is 0.0300. The van der Waals surface area contributed by atoms with Crippen LogP contribution >= 0.6 is 0 Å². The average Bonchev–Trinajstić information content (AvgIpc) is 2.60. The van der Waals surface area contributed by atoms with Crippen LogP contribution in [0.15, 0.2) is 54.6 Å². The number of amides is 2. The average molecular weight is 324 g/mol. The number of piperidine rings is 1. The van der Waals surface area contributed by atoms with Crippen molar-refractivity contribution in [3.63, 3.8) is 0 Å². The van der Waals surface area contributed by atoms with Crippen LogP contribution in [0.4, 0.5) is 5.69 Å². The SMILES string of the molecule is CN1C(=O)CCC(C(=O)Nc2ccccc2O)C1c1ccccc1. The first-order valence-electron chi connectivity index (χ1n) is 7.97. The second kappa shape index (κ2) is 6.74. The first-order valence-corrected chi connectivity index (χ1v) is 7.97. The van der Waals surface area contributed by atoms with Gasteiger partial charge in [-0.25, -0.2) is 0 Å². The molecule has 1 saturated heterocycles. The van der Waals surface area contributed by atoms with E-state index in [1.165, 1.54) is 6.07 Å². The van der Waals surface area contributed by atoms with Gasteiger partial charge < -0.3 is 15.3 Å². The smallest absolute Gasteiger partial charge is 0.230 e. The number of rotatable bonds is 3. The molecule has 0 bridgehead atoms. The molecule has 24 heavy (non-hydrogen) atoms. The van der Waals surface area contributed by atoms with Crippen molar-refractivity contribution in [2.75, 3.05) is 12.4 Å². The van der Waals surface area contributed by atoms with Gasteiger partial charge in [-0.1, -0.05) is 42.5 Å². The molecule has 2 aromatic rings. The Hall–Kier alpha value is -2.82. The van der Waals surface area contributed by atoms with Crippen LogP contribution in [-0.2, 0) is 9.59 Å². The van der Waals surface area contributed by atoms with E-state index in [-0.39, 0.29) is 29.5 Å². The van der Waals surface area contributed by atoms with Gasteiger partial charge in [0.15, 0.2) is 0 Å². The maximum Gasteiger partial charge on any atom is 0.230 e. The molecule has 0 saturated carbocycles. The van der Waals surface area contributed by atoms with E-state index in [0.29, 0.717) is 18.5 Å². The van der Waals surface area contributed by atoms with Crippen molar-refractivity contribution in [3.05, 3.63) is 60.2 Å². The third-order valence-electron chi connectivity index (χ3n) is 4.50. The minimum Gasteiger partial charge on any atom is -0.506 e. The number of carbonyl (C=O) groups is 2. The minimum atomic E-state index is -0.366. The van der Waals surface area contributed by atoms with Crippen molar-refractivity contribution < 1.29 is 14.7 Å². The molecule has 2 aromatic carbocycles. The molecule has 3 rings (SSSR count). The lowest BCUT2D eigenvalue weighted by atomic mass is 9.84. The lowest BCUT2D eigenvalue weighted by Gasteiger charge is -2.38. The molecule has 1 fully saturated rings. The molecule has 2 amide bonds. The Morgan fingerprint density at radius 2 is 1.79 bits per heavy atom. The second-order valence-corrected chi connectivity index (χ2v) is 6.01. The van der Waals surface area contributed by atoms with Crippen molar-refractivity contribution in [1.29, 1.82) is 0 Å². The van der Waals surface area contributed by atoms with E-state index in [4.69, 9.17) is 0 Å². The maximum absolute atomic E-state index is 12.8. The molecule has 0 aromatic heterocycles. The highest BCUT2D eigenvalue weighted by Gasteiger charge is 2.38. The first-order chi connectivity index (χ1) is 11.6. The van der Waals surface area contributed by atoms with E-state index >= 15 is 0 Å². The van der Waals surface area contributed by atoms with Gasteiger partial charge in [0.05, 0.1) is 17.6 Å². The van der Waals surface area contributed by atoms with Gasteiger partial charge in [-0.3, -0.25) is 9.59 Å². The molecular formula is C19H20N2O3. The maximum atomic E-state index is 12.8. The normalized spacial score (nSPS) is 20.7. The lowest BCUT2D eigenvalue weighted by Crippen LogP contribution is -2.44. The number of phenols is 1. The predicted molar refractivity (Wildman–Crippen MR) is 91.4 cm³/mol. The summed E-state index contributed by atoms with van der Waals surface area (Å²) >= 11 is 0. The number of nitrogens with zero attached hydrogens (tertiary/aromatic N) is 1. The van der Waals surface area contributed by atoms with Gasteiger partial charge in [0, 0.05) is 13.5 Å². The fraction of sp³-hybridized carbons (Fsp3) is 0.263. The Morgan fingerprint density at radius 1 is 1.12 bits per heavy atom. The number of carbonyl (C=O) groups excluding carboxylic acids is 2. The molecule has 2 N–H and O–H groups in total. The summed E-state index contributed by atoms with van der Waals surface area (Å²) in [5.41, 5.74) is 1.32. The van der Waals surface area contributed by atoms with Crippen molar-refractivity contribution >= 4 is 17.5 Å². The topological polar surface area (TPSA) is 69.6 Å². The van der Waals surface area contributed by atoms with Crippen molar-refractivity contribution in [3.8, 4) is 5.75 Å². The molecule has 0 spiro atoms. The molecule has 5 heteroatoms. The lowest BCUT2D eigenvalue weighted by molar-refractivity contribution is -0.140. The van der Waals surface area contributed by atoms with Crippen LogP contribution in [0.25, 0.3) is 0 Å². The summed E-state index contributed by atoms with van der Waals surface area (Å²) in [5.74, 6) is -0.489. The zero-order chi connectivity index (χ0) is 17.1. The van der Waals surface area contributed by atoms with Crippen molar-refractivity contribution in [2.45, 2.75) is 18.9 Å². The molecule has 1 aliphatic rings. The molecule has 2 unspecified atom stereocenters. The van der Waals surface area contributed by atoms with Crippen LogP contribution in [-0.4, -0.2) is 28.9 Å². The molecule has 5 nitrogen and oxygen atoms in total. The summed E-state index contributed by atoms with van der Waals surface area (Å²) in [7, 11) is 1.74. The number of phenolic OH excluding ortho intramolecular Hbond substituents is 1. The van der Waals surface area contributed by atoms with Gasteiger partial charge in [-0.15, -0.1) is 0 Å². The zero-order valence-electron chi connectivity index (χ0n) is 13.5. The third-order valence-corrected chi connectivity index (χ3v) is 4.50. The van der Waals surface area contributed by atoms with Crippen LogP contribution in [0.5, 0.6) is 5.75 Å². The molecule has 124 valence electrons. The summed E-state index contributed by atoms with van der Waals surface area (Å²) in [6.07, 6.45) is 0.834. The zero-order valence-corrected chi connectivity index (χ0v) is 13.5. The molecule has 2 atom stereocenters. The van der Waals surface area contributed by atoms with Gasteiger partial charge in [0.25, 0.3) is 0 Å². The number of nitrogens with one attached hydrogen (secondary N) is 1. The van der Waals surface area contributed by atoms with Crippen LogP contribution in [0.3, 0.4) is 0 Å². The van der Waals surface area contributed by atoms with Crippen LogP contribution < -0.4 is 5.32 Å². The molecule has 1 aliphatic heterocycles. The molecule has 1 heterocycles. The quantitative estimate of drug-likeness (QED) is 0.853. The predicted octanol–water partition coefficient (Wildman–Crippen LogP) is 2.94. The number of likely N-dealkylation sites (tertiary alicyclic amines) is 1. The van der Waals surface area contributed by atoms with Crippen molar-refractivity contribution in [2.24, 2.45) is 5.92 Å². The Bertz CT molecular complexity index is 745. The fourth-order valence-corrected chi connectivity index (χ4v) is 3.22. The van der Waals surface area contributed by atoms with Gasteiger partial charge in [-0.2, -0.15) is 0 Å². The summed E-state index contributed by atoms with van der Waals surface area (Å²) in [4.78, 5) is 26.6. The Morgan fingerprint density at radius 3 is 2.50 bits per heavy atom. The largest absolute Gasteiger partial charge is 0.506 e. The van der Waals surface area contributed by atoms with Crippen LogP contribution in [0.1, 0.15) is 24.4 Å². The number of hydrogen-bond acceptors (Lipinski definition) is 3. The monoisotopic (exact) mass is 324 g/mol. The standard InChI is InChI=1S/C19H20N2O3/c1-21-17(23)12-11-14(18(21)13-7-3-2-4-8-13)19(24)20-15-9-5-6-10-16(15)22/h2-10,14,18,22H,11-12H2,1H3,(H,20,24). The summed E-state index contributed by atoms with van der Waals surface area (Å²) < 4.78 is 0. The summed E-state index contributed by atoms with van der Waals surface area (Å²) in [6.45, 7) is 0. The van der Waals surface area contributed by atoms with Gasteiger partial charge in [0.1, 0.15) is 5.75 Å². The Balaban J connectivity index is 1.88. The highest BCUT2D eigenvalue weighted by molar-refractivity contribution is 5.95. The summed E-state index contributed by atoms with van der Waals surface area (Å²) in [6, 6.07) is 15.9. The highest BCUT2D eigenvalue weighted by Crippen LogP contribution is 2.36. The van der Waals surface area contributed by atoms with Crippen LogP contribution in [0.2, 0.25) is 0 Å². The van der Waals surface area contributed by atoms with Gasteiger partial charge in [-0.05, 0) is 24.1 Å². The Labute approximate surface area is 140 Å². The number of benzene rings is 2. The second-order valence-electron chi connectivity index (χ2n) is 6.01. The number of aromatic hydroxyl groups is 1. The molecule has 0 radical (unpaired) electrons. The van der Waals surface area contributed by atoms with E-state index in [2.05, 4.69) is 5.32 Å². The number of anilines is 1. The van der Waals surface area contributed by atoms with E-state index in [9.17, 15) is 14.7 Å². The Kier molecular flexibility index (Phi) is 4.51. The van der Waals surface area contributed by atoms with E-state index in [1.807, 2.05) is 30.3 Å². The first kappa shape index (κ1) is 16.1. The van der Waals surface area contributed by atoms with Gasteiger partial charge >= 0.3 is 0 Å². The van der Waals surface area contributed by atoms with Crippen molar-refractivity contribution in [1.82, 2.24) is 4.90 Å². The van der Waals surface area contributed by atoms with Gasteiger partial charge in [0.2, 0.25) is 11.8 Å². The molecule has 0 aliphatic carbocycles. The number of hydrogen-bond donors (Lipinski definition) is 2. The molecular weight excluding hydrogens is 304 g/mol.